The number of likely N-dealkylation sites (tertiary alicyclic amines) is 1. The molecule has 2 fully saturated rings. The fourth-order valence-corrected chi connectivity index (χ4v) is 5.03. The van der Waals surface area contributed by atoms with E-state index in [0.717, 1.165) is 57.3 Å². The van der Waals surface area contributed by atoms with Crippen LogP contribution in [0.2, 0.25) is 0 Å². The predicted octanol–water partition coefficient (Wildman–Crippen LogP) is 2.72. The number of anilines is 3. The first-order valence-corrected chi connectivity index (χ1v) is 12.6. The Hall–Kier alpha value is -3.53. The topological polar surface area (TPSA) is 138 Å². The second-order valence-corrected chi connectivity index (χ2v) is 10.2. The van der Waals surface area contributed by atoms with Crippen molar-refractivity contribution in [2.75, 3.05) is 30.8 Å². The monoisotopic (exact) mass is 492 g/mol. The number of hydrogen-bond donors (Lipinski definition) is 4. The zero-order valence-corrected chi connectivity index (χ0v) is 21.1. The minimum atomic E-state index is -0.704. The van der Waals surface area contributed by atoms with Gasteiger partial charge in [0.05, 0.1) is 0 Å². The number of carbonyl (C=O) groups is 2. The average Bonchev–Trinajstić information content (AvgIpc) is 2.86. The zero-order valence-electron chi connectivity index (χ0n) is 21.1. The number of nitrogens with one attached hydrogen (secondary N) is 3. The van der Waals surface area contributed by atoms with Crippen molar-refractivity contribution < 1.29 is 9.59 Å². The largest absolute Gasteiger partial charge is 0.364 e. The Morgan fingerprint density at radius 1 is 1.14 bits per heavy atom. The molecule has 1 unspecified atom stereocenters. The smallest absolute Gasteiger partial charge is 0.273 e. The van der Waals surface area contributed by atoms with Gasteiger partial charge in [-0.15, -0.1) is 10.2 Å². The average molecular weight is 493 g/mol. The molecule has 2 aliphatic rings. The van der Waals surface area contributed by atoms with E-state index >= 15 is 0 Å². The maximum atomic E-state index is 12.0. The van der Waals surface area contributed by atoms with Crippen molar-refractivity contribution in [1.82, 2.24) is 25.4 Å². The molecule has 0 spiro atoms. The molecule has 1 aliphatic carbocycles. The Bertz CT molecular complexity index is 1100. The first-order chi connectivity index (χ1) is 17.3. The molecule has 5 N–H and O–H groups in total. The van der Waals surface area contributed by atoms with Crippen LogP contribution < -0.4 is 21.7 Å². The molecule has 2 heterocycles. The highest BCUT2D eigenvalue weighted by atomic mass is 16.2. The number of primary amides is 1. The predicted molar refractivity (Wildman–Crippen MR) is 140 cm³/mol. The first-order valence-electron chi connectivity index (χ1n) is 12.6. The summed E-state index contributed by atoms with van der Waals surface area (Å²) in [4.78, 5) is 30.5. The second kappa shape index (κ2) is 11.0. The fraction of sp³-hybridized carbons (Fsp3) is 0.500. The molecule has 0 radical (unpaired) electrons. The van der Waals surface area contributed by atoms with Gasteiger partial charge < -0.3 is 26.6 Å². The van der Waals surface area contributed by atoms with E-state index in [1.54, 1.807) is 0 Å². The molecular formula is C26H36N8O2. The lowest BCUT2D eigenvalue weighted by Gasteiger charge is -2.38. The van der Waals surface area contributed by atoms with E-state index in [-0.39, 0.29) is 34.9 Å². The summed E-state index contributed by atoms with van der Waals surface area (Å²) >= 11 is 0. The Labute approximate surface area is 212 Å². The van der Waals surface area contributed by atoms with Crippen LogP contribution in [0.25, 0.3) is 0 Å². The molecule has 4 rings (SSSR count). The lowest BCUT2D eigenvalue weighted by molar-refractivity contribution is -0.117. The summed E-state index contributed by atoms with van der Waals surface area (Å²) in [5.74, 6) is -0.319. The van der Waals surface area contributed by atoms with Gasteiger partial charge in [0.2, 0.25) is 11.9 Å². The van der Waals surface area contributed by atoms with Gasteiger partial charge in [0, 0.05) is 17.8 Å². The molecule has 192 valence electrons. The van der Waals surface area contributed by atoms with Crippen molar-refractivity contribution in [3.63, 3.8) is 0 Å². The third kappa shape index (κ3) is 6.17. The molecule has 1 saturated heterocycles. The molecule has 1 aliphatic heterocycles. The van der Waals surface area contributed by atoms with Crippen molar-refractivity contribution in [2.24, 2.45) is 5.73 Å². The van der Waals surface area contributed by atoms with Crippen molar-refractivity contribution in [3.05, 3.63) is 48.2 Å². The van der Waals surface area contributed by atoms with Gasteiger partial charge >= 0.3 is 0 Å². The maximum absolute atomic E-state index is 12.0. The summed E-state index contributed by atoms with van der Waals surface area (Å²) in [6.07, 6.45) is 7.04. The van der Waals surface area contributed by atoms with Crippen LogP contribution in [0.3, 0.4) is 0 Å². The lowest BCUT2D eigenvalue weighted by Crippen LogP contribution is -2.41. The highest BCUT2D eigenvalue weighted by Gasteiger charge is 2.30. The van der Waals surface area contributed by atoms with Gasteiger partial charge in [0.15, 0.2) is 11.5 Å². The van der Waals surface area contributed by atoms with Crippen molar-refractivity contribution in [1.29, 1.82) is 0 Å². The standard InChI is InChI=1S/C26H36N8O2/c1-4-21(35)28-19-6-5-7-20(16-19)30-25-31-24(22(23(27)36)32-33-25)29-18-10-8-17(9-11-18)26(2)12-14-34(3)15-13-26/h4,8-11,19-20H,1,5-7,12-16H2,2-3H3,(H2,27,36)(H,28,35)(H2,29,30,31,33)/t19?,20-/m1/s1. The van der Waals surface area contributed by atoms with Gasteiger partial charge in [-0.25, -0.2) is 0 Å². The van der Waals surface area contributed by atoms with Crippen LogP contribution in [0.5, 0.6) is 0 Å². The van der Waals surface area contributed by atoms with Crippen molar-refractivity contribution in [3.8, 4) is 0 Å². The molecule has 1 aromatic carbocycles. The Kier molecular flexibility index (Phi) is 7.83. The van der Waals surface area contributed by atoms with Gasteiger partial charge in [0.25, 0.3) is 5.91 Å². The minimum absolute atomic E-state index is 0.0216. The first kappa shape index (κ1) is 25.6. The van der Waals surface area contributed by atoms with E-state index < -0.39 is 5.91 Å². The summed E-state index contributed by atoms with van der Waals surface area (Å²) in [5, 5.41) is 17.5. The van der Waals surface area contributed by atoms with Crippen LogP contribution in [0.1, 0.15) is 61.5 Å². The molecular weight excluding hydrogens is 456 g/mol. The second-order valence-electron chi connectivity index (χ2n) is 10.2. The number of aromatic nitrogens is 3. The van der Waals surface area contributed by atoms with E-state index in [1.807, 2.05) is 12.1 Å². The van der Waals surface area contributed by atoms with Gasteiger partial charge in [-0.1, -0.05) is 25.6 Å². The minimum Gasteiger partial charge on any atom is -0.364 e. The Balaban J connectivity index is 1.46. The van der Waals surface area contributed by atoms with Crippen molar-refractivity contribution >= 4 is 29.3 Å². The number of piperidine rings is 1. The molecule has 2 aromatic rings. The summed E-state index contributed by atoms with van der Waals surface area (Å²) in [7, 11) is 2.16. The van der Waals surface area contributed by atoms with E-state index in [2.05, 4.69) is 68.7 Å². The highest BCUT2D eigenvalue weighted by Crippen LogP contribution is 2.35. The molecule has 10 nitrogen and oxygen atoms in total. The van der Waals surface area contributed by atoms with Gasteiger partial charge in [-0.05, 0) is 87.8 Å². The Morgan fingerprint density at radius 2 is 1.83 bits per heavy atom. The fourth-order valence-electron chi connectivity index (χ4n) is 5.03. The SMILES string of the molecule is C=CC(=O)NC1CCC[C@@H](Nc2nnc(C(N)=O)c(Nc3ccc(C4(C)CCN(C)CC4)cc3)n2)C1. The van der Waals surface area contributed by atoms with E-state index in [1.165, 1.54) is 11.6 Å². The zero-order chi connectivity index (χ0) is 25.7. The quantitative estimate of drug-likeness (QED) is 0.413. The number of rotatable bonds is 8. The Morgan fingerprint density at radius 3 is 2.50 bits per heavy atom. The number of amides is 2. The van der Waals surface area contributed by atoms with E-state index in [4.69, 9.17) is 5.73 Å². The summed E-state index contributed by atoms with van der Waals surface area (Å²) in [6, 6.07) is 8.37. The highest BCUT2D eigenvalue weighted by molar-refractivity contribution is 5.96. The van der Waals surface area contributed by atoms with Crippen LogP contribution >= 0.6 is 0 Å². The van der Waals surface area contributed by atoms with E-state index in [0.29, 0.717) is 5.95 Å². The van der Waals surface area contributed by atoms with Gasteiger partial charge in [-0.3, -0.25) is 9.59 Å². The molecule has 1 saturated carbocycles. The van der Waals surface area contributed by atoms with Crippen LogP contribution in [0, 0.1) is 0 Å². The van der Waals surface area contributed by atoms with Crippen LogP contribution in [0.15, 0.2) is 36.9 Å². The molecule has 1 aromatic heterocycles. The summed E-state index contributed by atoms with van der Waals surface area (Å²) in [6.45, 7) is 8.00. The molecule has 2 amide bonds. The normalized spacial score (nSPS) is 21.8. The number of benzene rings is 1. The number of carbonyl (C=O) groups excluding carboxylic acids is 2. The number of hydrogen-bond acceptors (Lipinski definition) is 8. The lowest BCUT2D eigenvalue weighted by atomic mass is 9.74. The maximum Gasteiger partial charge on any atom is 0.273 e. The molecule has 10 heteroatoms. The molecule has 2 atom stereocenters. The third-order valence-electron chi connectivity index (χ3n) is 7.39. The van der Waals surface area contributed by atoms with Crippen molar-refractivity contribution in [2.45, 2.75) is 62.9 Å². The van der Waals surface area contributed by atoms with E-state index in [9.17, 15) is 9.59 Å². The third-order valence-corrected chi connectivity index (χ3v) is 7.39. The number of nitrogens with zero attached hydrogens (tertiary/aromatic N) is 4. The summed E-state index contributed by atoms with van der Waals surface area (Å²) in [5.41, 5.74) is 7.75. The molecule has 0 bridgehead atoms. The molecule has 36 heavy (non-hydrogen) atoms. The van der Waals surface area contributed by atoms with Crippen LogP contribution in [0.4, 0.5) is 17.5 Å². The van der Waals surface area contributed by atoms with Crippen LogP contribution in [-0.2, 0) is 10.2 Å². The number of nitrogens with two attached hydrogens (primary N) is 1. The van der Waals surface area contributed by atoms with Gasteiger partial charge in [0.1, 0.15) is 0 Å². The van der Waals surface area contributed by atoms with Gasteiger partial charge in [-0.2, -0.15) is 4.98 Å². The summed E-state index contributed by atoms with van der Waals surface area (Å²) < 4.78 is 0. The van der Waals surface area contributed by atoms with Crippen LogP contribution in [-0.4, -0.2) is 64.1 Å².